The highest BCUT2D eigenvalue weighted by Crippen LogP contribution is 2.67. The number of ketones is 3. The second-order valence-electron chi connectivity index (χ2n) is 9.99. The monoisotopic (exact) mass is 354 g/mol. The fourth-order valence-corrected chi connectivity index (χ4v) is 7.70. The number of terminal acetylenes is 1. The van der Waals surface area contributed by atoms with Gasteiger partial charge in [-0.05, 0) is 60.2 Å². The first kappa shape index (κ1) is 18.0. The molecule has 3 nitrogen and oxygen atoms in total. The number of hydrogen-bond acceptors (Lipinski definition) is 3. The molecule has 4 aliphatic carbocycles. The zero-order valence-corrected chi connectivity index (χ0v) is 16.4. The van der Waals surface area contributed by atoms with Crippen LogP contribution in [0.2, 0.25) is 0 Å². The molecule has 4 rings (SSSR count). The number of carbonyl (C=O) groups excluding carboxylic acids is 3. The third kappa shape index (κ3) is 1.94. The molecular formula is C23H30O3. The molecule has 0 aromatic heterocycles. The van der Waals surface area contributed by atoms with Gasteiger partial charge in [-0.2, -0.15) is 0 Å². The molecule has 0 spiro atoms. The number of fused-ring (bicyclic) bond motifs is 5. The van der Waals surface area contributed by atoms with E-state index in [1.54, 1.807) is 0 Å². The predicted molar refractivity (Wildman–Crippen MR) is 98.9 cm³/mol. The Labute approximate surface area is 156 Å². The van der Waals surface area contributed by atoms with Crippen LogP contribution < -0.4 is 0 Å². The van der Waals surface area contributed by atoms with Crippen LogP contribution in [0, 0.1) is 64.6 Å². The molecule has 3 heteroatoms. The van der Waals surface area contributed by atoms with Gasteiger partial charge in [0.05, 0.1) is 5.92 Å². The molecule has 3 unspecified atom stereocenters. The van der Waals surface area contributed by atoms with Crippen molar-refractivity contribution >= 4 is 17.3 Å². The smallest absolute Gasteiger partial charge is 0.202 e. The summed E-state index contributed by atoms with van der Waals surface area (Å²) in [6, 6.07) is 0. The van der Waals surface area contributed by atoms with Crippen LogP contribution in [0.1, 0.15) is 59.8 Å². The Bertz CT molecular complexity index is 730. The van der Waals surface area contributed by atoms with Crippen molar-refractivity contribution < 1.29 is 14.4 Å². The molecule has 0 amide bonds. The van der Waals surface area contributed by atoms with E-state index in [1.807, 2.05) is 6.92 Å². The molecule has 4 fully saturated rings. The lowest BCUT2D eigenvalue weighted by Gasteiger charge is -2.62. The lowest BCUT2D eigenvalue weighted by molar-refractivity contribution is -0.171. The van der Waals surface area contributed by atoms with Crippen molar-refractivity contribution in [1.29, 1.82) is 0 Å². The van der Waals surface area contributed by atoms with Crippen LogP contribution in [0.3, 0.4) is 0 Å². The molecule has 0 aromatic rings. The van der Waals surface area contributed by atoms with Crippen molar-refractivity contribution in [2.24, 2.45) is 52.3 Å². The summed E-state index contributed by atoms with van der Waals surface area (Å²) >= 11 is 0. The van der Waals surface area contributed by atoms with Gasteiger partial charge in [-0.15, -0.1) is 6.42 Å². The second-order valence-corrected chi connectivity index (χ2v) is 9.99. The number of Topliss-reactive ketones (excluding diaryl/α,β-unsaturated/α-hetero) is 3. The van der Waals surface area contributed by atoms with Gasteiger partial charge in [0.25, 0.3) is 0 Å². The third-order valence-corrected chi connectivity index (χ3v) is 9.49. The summed E-state index contributed by atoms with van der Waals surface area (Å²) < 4.78 is 0. The van der Waals surface area contributed by atoms with Crippen LogP contribution in [-0.2, 0) is 14.4 Å². The van der Waals surface area contributed by atoms with E-state index >= 15 is 0 Å². The van der Waals surface area contributed by atoms with E-state index in [-0.39, 0.29) is 51.9 Å². The molecule has 4 aliphatic rings. The standard InChI is InChI=1S/C23H30O3/c1-6-15-19(24)11-18-14-7-8-17-21(26)20(25)12(2)13(3)23(17,5)16(14)9-10-22(15,18)4/h1,12-18H,7-11H2,2-5H3/t12?,13?,14-,15+,16+,17?,18+,22-,23-/m1/s1. The third-order valence-electron chi connectivity index (χ3n) is 9.49. The summed E-state index contributed by atoms with van der Waals surface area (Å²) in [5.74, 6) is 3.57. The zero-order valence-electron chi connectivity index (χ0n) is 16.4. The van der Waals surface area contributed by atoms with Crippen molar-refractivity contribution in [3.8, 4) is 12.3 Å². The van der Waals surface area contributed by atoms with Crippen LogP contribution in [0.4, 0.5) is 0 Å². The molecule has 9 atom stereocenters. The quantitative estimate of drug-likeness (QED) is 0.492. The highest BCUT2D eigenvalue weighted by Gasteiger charge is 2.65. The lowest BCUT2D eigenvalue weighted by atomic mass is 9.41. The highest BCUT2D eigenvalue weighted by molar-refractivity contribution is 6.39. The largest absolute Gasteiger partial charge is 0.298 e. The van der Waals surface area contributed by atoms with E-state index < -0.39 is 0 Å². The van der Waals surface area contributed by atoms with Crippen LogP contribution in [-0.4, -0.2) is 17.3 Å². The Hall–Kier alpha value is -1.43. The summed E-state index contributed by atoms with van der Waals surface area (Å²) in [5, 5.41) is 0. The minimum absolute atomic E-state index is 0.0838. The van der Waals surface area contributed by atoms with Crippen molar-refractivity contribution in [3.63, 3.8) is 0 Å². The second kappa shape index (κ2) is 5.54. The topological polar surface area (TPSA) is 51.2 Å². The number of carbonyl (C=O) groups is 3. The van der Waals surface area contributed by atoms with Crippen molar-refractivity contribution in [1.82, 2.24) is 0 Å². The van der Waals surface area contributed by atoms with Crippen LogP contribution in [0.25, 0.3) is 0 Å². The molecule has 0 heterocycles. The molecule has 0 aliphatic heterocycles. The molecule has 4 saturated carbocycles. The average molecular weight is 354 g/mol. The molecule has 140 valence electrons. The maximum Gasteiger partial charge on any atom is 0.202 e. The van der Waals surface area contributed by atoms with E-state index in [1.165, 1.54) is 0 Å². The van der Waals surface area contributed by atoms with E-state index in [9.17, 15) is 14.4 Å². The minimum atomic E-state index is -0.245. The summed E-state index contributed by atoms with van der Waals surface area (Å²) in [6.45, 7) is 8.58. The Morgan fingerprint density at radius 1 is 1.00 bits per heavy atom. The fourth-order valence-electron chi connectivity index (χ4n) is 7.70. The Balaban J connectivity index is 1.74. The maximum atomic E-state index is 12.8. The highest BCUT2D eigenvalue weighted by atomic mass is 16.2. The van der Waals surface area contributed by atoms with Crippen LogP contribution >= 0.6 is 0 Å². The zero-order chi connectivity index (χ0) is 19.0. The summed E-state index contributed by atoms with van der Waals surface area (Å²) in [5.41, 5.74) is -0.217. The van der Waals surface area contributed by atoms with Crippen molar-refractivity contribution in [3.05, 3.63) is 0 Å². The Morgan fingerprint density at radius 2 is 1.69 bits per heavy atom. The van der Waals surface area contributed by atoms with E-state index in [0.717, 1.165) is 25.7 Å². The molecule has 0 radical (unpaired) electrons. The van der Waals surface area contributed by atoms with E-state index in [0.29, 0.717) is 24.2 Å². The van der Waals surface area contributed by atoms with Gasteiger partial charge in [-0.25, -0.2) is 0 Å². The van der Waals surface area contributed by atoms with E-state index in [2.05, 4.69) is 26.7 Å². The number of hydrogen-bond donors (Lipinski definition) is 0. The first-order valence-electron chi connectivity index (χ1n) is 10.2. The Morgan fingerprint density at radius 3 is 2.35 bits per heavy atom. The van der Waals surface area contributed by atoms with Crippen LogP contribution in [0.5, 0.6) is 0 Å². The molecule has 0 aromatic carbocycles. The van der Waals surface area contributed by atoms with Crippen LogP contribution in [0.15, 0.2) is 0 Å². The van der Waals surface area contributed by atoms with Crippen molar-refractivity contribution in [2.45, 2.75) is 59.8 Å². The van der Waals surface area contributed by atoms with Gasteiger partial charge in [0.1, 0.15) is 5.78 Å². The average Bonchev–Trinajstić information content (AvgIpc) is 2.88. The van der Waals surface area contributed by atoms with Gasteiger partial charge in [0.15, 0.2) is 0 Å². The van der Waals surface area contributed by atoms with Gasteiger partial charge >= 0.3 is 0 Å². The normalized spacial score (nSPS) is 53.5. The molecule has 0 bridgehead atoms. The Kier molecular flexibility index (Phi) is 3.82. The van der Waals surface area contributed by atoms with Gasteiger partial charge in [-0.1, -0.05) is 33.6 Å². The molecular weight excluding hydrogens is 324 g/mol. The summed E-state index contributed by atoms with van der Waals surface area (Å²) in [6.07, 6.45) is 10.1. The van der Waals surface area contributed by atoms with Gasteiger partial charge in [0, 0.05) is 18.3 Å². The minimum Gasteiger partial charge on any atom is -0.298 e. The van der Waals surface area contributed by atoms with Crippen molar-refractivity contribution in [2.75, 3.05) is 0 Å². The fraction of sp³-hybridized carbons (Fsp3) is 0.783. The molecule has 26 heavy (non-hydrogen) atoms. The molecule has 0 N–H and O–H groups in total. The summed E-state index contributed by atoms with van der Waals surface area (Å²) in [4.78, 5) is 37.8. The first-order chi connectivity index (χ1) is 12.2. The number of rotatable bonds is 0. The van der Waals surface area contributed by atoms with Gasteiger partial charge < -0.3 is 0 Å². The SMILES string of the molecule is C#C[C@H]1C(=O)C[C@H]2[C@@H]3CCC4C(=O)C(=O)C(C)C(C)[C@]4(C)[C@H]3CC[C@]12C. The lowest BCUT2D eigenvalue weighted by Crippen LogP contribution is -2.61. The van der Waals surface area contributed by atoms with Gasteiger partial charge in [-0.3, -0.25) is 14.4 Å². The maximum absolute atomic E-state index is 12.8. The van der Waals surface area contributed by atoms with E-state index in [4.69, 9.17) is 6.42 Å². The predicted octanol–water partition coefficient (Wildman–Crippen LogP) is 3.70. The van der Waals surface area contributed by atoms with Gasteiger partial charge in [0.2, 0.25) is 11.6 Å². The summed E-state index contributed by atoms with van der Waals surface area (Å²) in [7, 11) is 0. The molecule has 0 saturated heterocycles. The first-order valence-corrected chi connectivity index (χ1v) is 10.2.